The third-order valence-electron chi connectivity index (χ3n) is 3.89. The van der Waals surface area contributed by atoms with Crippen molar-refractivity contribution in [3.63, 3.8) is 0 Å². The number of aliphatic carboxylic acids is 1. The third kappa shape index (κ3) is 4.49. The maximum absolute atomic E-state index is 11.0. The molecule has 3 rings (SSSR count). The van der Waals surface area contributed by atoms with Gasteiger partial charge in [-0.1, -0.05) is 28.1 Å². The van der Waals surface area contributed by atoms with Crippen molar-refractivity contribution in [2.45, 2.75) is 19.4 Å². The van der Waals surface area contributed by atoms with E-state index in [1.54, 1.807) is 7.11 Å². The summed E-state index contributed by atoms with van der Waals surface area (Å²) >= 11 is 3.42. The lowest BCUT2D eigenvalue weighted by atomic mass is 10.2. The maximum atomic E-state index is 11.0. The highest BCUT2D eigenvalue weighted by Gasteiger charge is 2.11. The molecule has 2 N–H and O–H groups in total. The number of anilines is 1. The molecule has 0 unspecified atom stereocenters. The van der Waals surface area contributed by atoms with Gasteiger partial charge in [0.1, 0.15) is 11.6 Å². The molecule has 26 heavy (non-hydrogen) atoms. The Labute approximate surface area is 159 Å². The molecule has 7 heteroatoms. The Morgan fingerprint density at radius 3 is 2.62 bits per heavy atom. The zero-order valence-electron chi connectivity index (χ0n) is 14.2. The van der Waals surface area contributed by atoms with Gasteiger partial charge in [0.2, 0.25) is 0 Å². The number of nitrogens with zero attached hydrogens (tertiary/aromatic N) is 2. The number of aryl methyl sites for hydroxylation is 1. The van der Waals surface area contributed by atoms with Crippen LogP contribution in [0.15, 0.2) is 46.9 Å². The summed E-state index contributed by atoms with van der Waals surface area (Å²) in [5.74, 6) is 0.547. The molecule has 0 amide bonds. The fourth-order valence-corrected chi connectivity index (χ4v) is 2.88. The molecular weight excluding hydrogens is 398 g/mol. The van der Waals surface area contributed by atoms with Crippen molar-refractivity contribution < 1.29 is 14.6 Å². The van der Waals surface area contributed by atoms with Crippen LogP contribution in [0.3, 0.4) is 0 Å². The van der Waals surface area contributed by atoms with Crippen molar-refractivity contribution in [3.05, 3.63) is 58.2 Å². The smallest absolute Gasteiger partial charge is 0.303 e. The normalized spacial score (nSPS) is 10.7. The largest absolute Gasteiger partial charge is 0.497 e. The average Bonchev–Trinajstić information content (AvgIpc) is 2.64. The van der Waals surface area contributed by atoms with Crippen LogP contribution >= 0.6 is 15.9 Å². The first-order chi connectivity index (χ1) is 12.5. The molecule has 0 fully saturated rings. The van der Waals surface area contributed by atoms with Crippen molar-refractivity contribution in [1.82, 2.24) is 9.97 Å². The van der Waals surface area contributed by atoms with Crippen molar-refractivity contribution in [3.8, 4) is 5.75 Å². The van der Waals surface area contributed by atoms with Crippen molar-refractivity contribution in [1.29, 1.82) is 0 Å². The quantitative estimate of drug-likeness (QED) is 0.605. The van der Waals surface area contributed by atoms with Crippen LogP contribution < -0.4 is 10.1 Å². The Balaban J connectivity index is 1.86. The fraction of sp³-hybridized carbons (Fsp3) is 0.211. The molecule has 0 bridgehead atoms. The van der Waals surface area contributed by atoms with E-state index in [0.717, 1.165) is 26.8 Å². The van der Waals surface area contributed by atoms with E-state index in [4.69, 9.17) is 9.84 Å². The molecule has 2 aromatic carbocycles. The van der Waals surface area contributed by atoms with Gasteiger partial charge < -0.3 is 15.2 Å². The highest BCUT2D eigenvalue weighted by molar-refractivity contribution is 9.10. The van der Waals surface area contributed by atoms with E-state index in [2.05, 4.69) is 31.2 Å². The Kier molecular flexibility index (Phi) is 5.68. The number of halogens is 1. The van der Waals surface area contributed by atoms with E-state index in [1.807, 2.05) is 42.5 Å². The number of ether oxygens (including phenoxy) is 1. The lowest BCUT2D eigenvalue weighted by Crippen LogP contribution is -2.09. The number of hydrogen-bond donors (Lipinski definition) is 2. The fourth-order valence-electron chi connectivity index (χ4n) is 2.53. The van der Waals surface area contributed by atoms with Gasteiger partial charge in [-0.25, -0.2) is 9.97 Å². The summed E-state index contributed by atoms with van der Waals surface area (Å²) in [5, 5.41) is 12.3. The number of rotatable bonds is 7. The summed E-state index contributed by atoms with van der Waals surface area (Å²) in [5.41, 5.74) is 3.19. The van der Waals surface area contributed by atoms with Gasteiger partial charge in [-0.15, -0.1) is 0 Å². The molecule has 0 saturated heterocycles. The van der Waals surface area contributed by atoms with Crippen LogP contribution in [0.25, 0.3) is 11.0 Å². The molecule has 134 valence electrons. The molecule has 1 aromatic heterocycles. The van der Waals surface area contributed by atoms with Crippen molar-refractivity contribution in [2.24, 2.45) is 0 Å². The van der Waals surface area contributed by atoms with Crippen LogP contribution in [0.5, 0.6) is 5.75 Å². The summed E-state index contributed by atoms with van der Waals surface area (Å²) in [6.45, 7) is 0.556. The van der Waals surface area contributed by atoms with Crippen LogP contribution in [-0.2, 0) is 17.8 Å². The number of carbonyl (C=O) groups is 1. The second-order valence-corrected chi connectivity index (χ2v) is 6.66. The summed E-state index contributed by atoms with van der Waals surface area (Å²) < 4.78 is 6.07. The molecule has 6 nitrogen and oxygen atoms in total. The van der Waals surface area contributed by atoms with Gasteiger partial charge in [0, 0.05) is 17.4 Å². The van der Waals surface area contributed by atoms with E-state index < -0.39 is 5.97 Å². The second-order valence-electron chi connectivity index (χ2n) is 5.75. The minimum Gasteiger partial charge on any atom is -0.497 e. The molecule has 1 heterocycles. The average molecular weight is 416 g/mol. The number of hydrogen-bond acceptors (Lipinski definition) is 5. The Bertz CT molecular complexity index is 929. The van der Waals surface area contributed by atoms with Gasteiger partial charge in [0.25, 0.3) is 0 Å². The minimum absolute atomic E-state index is 0.00536. The van der Waals surface area contributed by atoms with Gasteiger partial charge >= 0.3 is 5.97 Å². The van der Waals surface area contributed by atoms with Gasteiger partial charge in [0.05, 0.1) is 30.3 Å². The minimum atomic E-state index is -0.859. The Hall–Kier alpha value is -2.67. The molecule has 0 atom stereocenters. The molecule has 0 aliphatic carbocycles. The van der Waals surface area contributed by atoms with E-state index in [1.165, 1.54) is 0 Å². The predicted octanol–water partition coefficient (Wildman–Crippen LogP) is 4.03. The number of carboxylic acid groups (broad SMARTS) is 1. The highest BCUT2D eigenvalue weighted by atomic mass is 79.9. The van der Waals surface area contributed by atoms with E-state index >= 15 is 0 Å². The first kappa shape index (κ1) is 18.1. The molecule has 3 aromatic rings. The summed E-state index contributed by atoms with van der Waals surface area (Å²) in [4.78, 5) is 20.2. The predicted molar refractivity (Wildman–Crippen MR) is 104 cm³/mol. The molecule has 0 radical (unpaired) electrons. The highest BCUT2D eigenvalue weighted by Crippen LogP contribution is 2.22. The van der Waals surface area contributed by atoms with E-state index in [9.17, 15) is 4.79 Å². The Morgan fingerprint density at radius 2 is 1.92 bits per heavy atom. The standard InChI is InChI=1S/C19H18BrN3O3/c1-26-14-5-2-12(3-6-14)11-21-19-16(8-9-18(24)25)22-17-10-13(20)4-7-15(17)23-19/h2-7,10H,8-9,11H2,1H3,(H,21,23)(H,24,25). The number of nitrogens with one attached hydrogen (secondary N) is 1. The number of fused-ring (bicyclic) bond motifs is 1. The van der Waals surface area contributed by atoms with Crippen LogP contribution in [0.1, 0.15) is 17.7 Å². The Morgan fingerprint density at radius 1 is 1.15 bits per heavy atom. The molecule has 0 saturated carbocycles. The second kappa shape index (κ2) is 8.14. The molecular formula is C19H18BrN3O3. The number of methoxy groups -OCH3 is 1. The van der Waals surface area contributed by atoms with Gasteiger partial charge in [0.15, 0.2) is 0 Å². The zero-order valence-corrected chi connectivity index (χ0v) is 15.8. The SMILES string of the molecule is COc1ccc(CNc2nc3ccc(Br)cc3nc2CCC(=O)O)cc1. The molecule has 0 spiro atoms. The maximum Gasteiger partial charge on any atom is 0.303 e. The van der Waals surface area contributed by atoms with Gasteiger partial charge in [-0.2, -0.15) is 0 Å². The lowest BCUT2D eigenvalue weighted by Gasteiger charge is -2.12. The van der Waals surface area contributed by atoms with Crippen molar-refractivity contribution in [2.75, 3.05) is 12.4 Å². The first-order valence-electron chi connectivity index (χ1n) is 8.10. The van der Waals surface area contributed by atoms with Crippen LogP contribution in [-0.4, -0.2) is 28.2 Å². The summed E-state index contributed by atoms with van der Waals surface area (Å²) in [6, 6.07) is 13.4. The molecule has 0 aliphatic rings. The van der Waals surface area contributed by atoms with E-state index in [-0.39, 0.29) is 6.42 Å². The number of aromatic nitrogens is 2. The van der Waals surface area contributed by atoms with Gasteiger partial charge in [-0.3, -0.25) is 4.79 Å². The van der Waals surface area contributed by atoms with Crippen molar-refractivity contribution >= 4 is 38.8 Å². The first-order valence-corrected chi connectivity index (χ1v) is 8.89. The monoisotopic (exact) mass is 415 g/mol. The summed E-state index contributed by atoms with van der Waals surface area (Å²) in [6.07, 6.45) is 0.321. The lowest BCUT2D eigenvalue weighted by molar-refractivity contribution is -0.136. The number of benzene rings is 2. The summed E-state index contributed by atoms with van der Waals surface area (Å²) in [7, 11) is 1.63. The van der Waals surface area contributed by atoms with Gasteiger partial charge in [-0.05, 0) is 35.9 Å². The number of carboxylic acids is 1. The zero-order chi connectivity index (χ0) is 18.5. The van der Waals surface area contributed by atoms with Crippen LogP contribution in [0.2, 0.25) is 0 Å². The topological polar surface area (TPSA) is 84.3 Å². The van der Waals surface area contributed by atoms with Crippen LogP contribution in [0, 0.1) is 0 Å². The third-order valence-corrected chi connectivity index (χ3v) is 4.39. The molecule has 0 aliphatic heterocycles. The van der Waals surface area contributed by atoms with E-state index in [0.29, 0.717) is 24.5 Å². The van der Waals surface area contributed by atoms with Crippen LogP contribution in [0.4, 0.5) is 5.82 Å².